The van der Waals surface area contributed by atoms with Crippen molar-refractivity contribution >= 4 is 22.6 Å². The molecule has 2 nitrogen and oxygen atoms in total. The van der Waals surface area contributed by atoms with Crippen LogP contribution in [0.2, 0.25) is 0 Å². The van der Waals surface area contributed by atoms with Crippen LogP contribution in [0, 0.1) is 3.57 Å². The number of ether oxygens (including phenoxy) is 1. The summed E-state index contributed by atoms with van der Waals surface area (Å²) in [5, 5.41) is 0. The van der Waals surface area contributed by atoms with Gasteiger partial charge in [0.15, 0.2) is 0 Å². The first-order valence-electron chi connectivity index (χ1n) is 4.35. The van der Waals surface area contributed by atoms with E-state index in [1.807, 2.05) is 6.07 Å². The van der Waals surface area contributed by atoms with Crippen LogP contribution in [-0.4, -0.2) is 7.11 Å². The van der Waals surface area contributed by atoms with Gasteiger partial charge in [-0.2, -0.15) is 0 Å². The Labute approximate surface area is 91.6 Å². The molecule has 0 saturated heterocycles. The number of benzene rings is 1. The molecule has 2 rings (SSSR count). The van der Waals surface area contributed by atoms with Gasteiger partial charge < -0.3 is 10.5 Å². The van der Waals surface area contributed by atoms with Gasteiger partial charge in [0, 0.05) is 6.04 Å². The molecule has 0 amide bonds. The van der Waals surface area contributed by atoms with Crippen molar-refractivity contribution in [2.24, 2.45) is 5.73 Å². The summed E-state index contributed by atoms with van der Waals surface area (Å²) in [5.74, 6) is 0.966. The number of hydrogen-bond acceptors (Lipinski definition) is 2. The molecule has 0 unspecified atom stereocenters. The second-order valence-corrected chi connectivity index (χ2v) is 4.37. The lowest BCUT2D eigenvalue weighted by atomic mass is 10.1. The van der Waals surface area contributed by atoms with E-state index >= 15 is 0 Å². The molecule has 70 valence electrons. The minimum absolute atomic E-state index is 0.231. The summed E-state index contributed by atoms with van der Waals surface area (Å²) in [6.07, 6.45) is 2.16. The Balaban J connectivity index is 2.54. The second kappa shape index (κ2) is 3.46. The Morgan fingerprint density at radius 2 is 2.31 bits per heavy atom. The molecule has 0 radical (unpaired) electrons. The van der Waals surface area contributed by atoms with Crippen LogP contribution in [0.4, 0.5) is 0 Å². The van der Waals surface area contributed by atoms with Gasteiger partial charge >= 0.3 is 0 Å². The lowest BCUT2D eigenvalue weighted by Crippen LogP contribution is -2.05. The Bertz CT molecular complexity index is 338. The Morgan fingerprint density at radius 3 is 3.00 bits per heavy atom. The highest BCUT2D eigenvalue weighted by Gasteiger charge is 2.22. The molecule has 1 aromatic rings. The van der Waals surface area contributed by atoms with E-state index in [1.165, 1.54) is 14.7 Å². The smallest absolute Gasteiger partial charge is 0.132 e. The maximum absolute atomic E-state index is 5.96. The molecule has 0 aromatic heterocycles. The van der Waals surface area contributed by atoms with E-state index in [-0.39, 0.29) is 6.04 Å². The van der Waals surface area contributed by atoms with Gasteiger partial charge in [0.1, 0.15) is 5.75 Å². The van der Waals surface area contributed by atoms with Crippen LogP contribution >= 0.6 is 22.6 Å². The first-order valence-corrected chi connectivity index (χ1v) is 5.42. The summed E-state index contributed by atoms with van der Waals surface area (Å²) in [4.78, 5) is 0. The SMILES string of the molecule is COc1ccc2c(c1I)CC[C@H]2N. The fourth-order valence-electron chi connectivity index (χ4n) is 1.83. The van der Waals surface area contributed by atoms with Crippen molar-refractivity contribution in [2.45, 2.75) is 18.9 Å². The molecular formula is C10H12INO. The van der Waals surface area contributed by atoms with E-state index in [0.717, 1.165) is 18.6 Å². The predicted molar refractivity (Wildman–Crippen MR) is 61.0 cm³/mol. The molecule has 3 heteroatoms. The van der Waals surface area contributed by atoms with E-state index in [2.05, 4.69) is 28.7 Å². The molecule has 1 aromatic carbocycles. The minimum Gasteiger partial charge on any atom is -0.496 e. The van der Waals surface area contributed by atoms with Gasteiger partial charge in [-0.05, 0) is 52.6 Å². The topological polar surface area (TPSA) is 35.2 Å². The van der Waals surface area contributed by atoms with Crippen LogP contribution in [0.3, 0.4) is 0 Å². The van der Waals surface area contributed by atoms with Crippen LogP contribution in [0.5, 0.6) is 5.75 Å². The molecule has 0 aliphatic heterocycles. The summed E-state index contributed by atoms with van der Waals surface area (Å²) in [6, 6.07) is 4.33. The van der Waals surface area contributed by atoms with Crippen molar-refractivity contribution in [1.82, 2.24) is 0 Å². The minimum atomic E-state index is 0.231. The average Bonchev–Trinajstić information content (AvgIpc) is 2.50. The van der Waals surface area contributed by atoms with Crippen molar-refractivity contribution in [3.8, 4) is 5.75 Å². The molecule has 2 N–H and O–H groups in total. The maximum atomic E-state index is 5.96. The quantitative estimate of drug-likeness (QED) is 0.805. The van der Waals surface area contributed by atoms with E-state index in [0.29, 0.717) is 0 Å². The zero-order valence-corrected chi connectivity index (χ0v) is 9.67. The van der Waals surface area contributed by atoms with E-state index in [4.69, 9.17) is 10.5 Å². The van der Waals surface area contributed by atoms with Gasteiger partial charge in [0.05, 0.1) is 10.7 Å². The van der Waals surface area contributed by atoms with Gasteiger partial charge in [0.2, 0.25) is 0 Å². The van der Waals surface area contributed by atoms with E-state index < -0.39 is 0 Å². The fraction of sp³-hybridized carbons (Fsp3) is 0.400. The van der Waals surface area contributed by atoms with E-state index in [1.54, 1.807) is 7.11 Å². The predicted octanol–water partition coefficient (Wildman–Crippen LogP) is 2.25. The molecule has 1 aliphatic rings. The number of rotatable bonds is 1. The summed E-state index contributed by atoms with van der Waals surface area (Å²) in [7, 11) is 1.71. The zero-order chi connectivity index (χ0) is 9.42. The van der Waals surface area contributed by atoms with Crippen LogP contribution in [0.15, 0.2) is 12.1 Å². The Kier molecular flexibility index (Phi) is 2.47. The number of fused-ring (bicyclic) bond motifs is 1. The Morgan fingerprint density at radius 1 is 1.54 bits per heavy atom. The third-order valence-corrected chi connectivity index (χ3v) is 3.75. The number of nitrogens with two attached hydrogens (primary N) is 1. The molecular weight excluding hydrogens is 277 g/mol. The van der Waals surface area contributed by atoms with Gasteiger partial charge in [-0.25, -0.2) is 0 Å². The second-order valence-electron chi connectivity index (χ2n) is 3.29. The number of halogens is 1. The highest BCUT2D eigenvalue weighted by atomic mass is 127. The van der Waals surface area contributed by atoms with Crippen LogP contribution in [0.1, 0.15) is 23.6 Å². The monoisotopic (exact) mass is 289 g/mol. The molecule has 0 heterocycles. The molecule has 1 atom stereocenters. The van der Waals surface area contributed by atoms with Gasteiger partial charge in [-0.15, -0.1) is 0 Å². The van der Waals surface area contributed by atoms with Crippen molar-refractivity contribution in [3.05, 3.63) is 26.8 Å². The third-order valence-electron chi connectivity index (χ3n) is 2.57. The van der Waals surface area contributed by atoms with Crippen molar-refractivity contribution in [2.75, 3.05) is 7.11 Å². The molecule has 0 saturated carbocycles. The lowest BCUT2D eigenvalue weighted by molar-refractivity contribution is 0.411. The van der Waals surface area contributed by atoms with Gasteiger partial charge in [-0.1, -0.05) is 6.07 Å². The fourth-order valence-corrected chi connectivity index (χ4v) is 2.81. The van der Waals surface area contributed by atoms with Gasteiger partial charge in [-0.3, -0.25) is 0 Å². The molecule has 0 fully saturated rings. The van der Waals surface area contributed by atoms with Crippen LogP contribution < -0.4 is 10.5 Å². The summed E-state index contributed by atoms with van der Waals surface area (Å²) in [5.41, 5.74) is 8.64. The third kappa shape index (κ3) is 1.44. The summed E-state index contributed by atoms with van der Waals surface area (Å²) >= 11 is 2.34. The first kappa shape index (κ1) is 9.27. The Hall–Kier alpha value is -0.290. The van der Waals surface area contributed by atoms with Crippen molar-refractivity contribution < 1.29 is 4.74 Å². The number of hydrogen-bond donors (Lipinski definition) is 1. The molecule has 0 spiro atoms. The zero-order valence-electron chi connectivity index (χ0n) is 7.51. The standard InChI is InChI=1S/C10H12INO/c1-13-9-5-3-6-7(10(9)11)2-4-8(6)12/h3,5,8H,2,4,12H2,1H3/t8-/m1/s1. The summed E-state index contributed by atoms with van der Waals surface area (Å²) < 4.78 is 6.48. The largest absolute Gasteiger partial charge is 0.496 e. The summed E-state index contributed by atoms with van der Waals surface area (Å²) in [6.45, 7) is 0. The van der Waals surface area contributed by atoms with Crippen molar-refractivity contribution in [1.29, 1.82) is 0 Å². The molecule has 1 aliphatic carbocycles. The van der Waals surface area contributed by atoms with Crippen molar-refractivity contribution in [3.63, 3.8) is 0 Å². The van der Waals surface area contributed by atoms with Crippen LogP contribution in [0.25, 0.3) is 0 Å². The molecule has 0 bridgehead atoms. The average molecular weight is 289 g/mol. The normalized spacial score (nSPS) is 20.1. The number of methoxy groups -OCH3 is 1. The van der Waals surface area contributed by atoms with E-state index in [9.17, 15) is 0 Å². The van der Waals surface area contributed by atoms with Gasteiger partial charge in [0.25, 0.3) is 0 Å². The highest BCUT2D eigenvalue weighted by molar-refractivity contribution is 14.1. The molecule has 13 heavy (non-hydrogen) atoms. The lowest BCUT2D eigenvalue weighted by Gasteiger charge is -2.09. The first-order chi connectivity index (χ1) is 6.24. The van der Waals surface area contributed by atoms with Crippen LogP contribution in [-0.2, 0) is 6.42 Å². The maximum Gasteiger partial charge on any atom is 0.132 e. The highest BCUT2D eigenvalue weighted by Crippen LogP contribution is 2.36.